The molecule has 4 nitrogen and oxygen atoms in total. The number of pyridine rings is 1. The first-order chi connectivity index (χ1) is 11.2. The molecule has 0 spiro atoms. The van der Waals surface area contributed by atoms with Gasteiger partial charge in [-0.05, 0) is 49.4 Å². The van der Waals surface area contributed by atoms with Crippen molar-refractivity contribution in [3.05, 3.63) is 71.2 Å². The molecule has 0 radical (unpaired) electrons. The third-order valence-corrected chi connectivity index (χ3v) is 4.59. The van der Waals surface area contributed by atoms with Crippen molar-refractivity contribution in [2.45, 2.75) is 32.2 Å². The van der Waals surface area contributed by atoms with Crippen molar-refractivity contribution in [2.24, 2.45) is 0 Å². The molecule has 1 atom stereocenters. The Morgan fingerprint density at radius 3 is 2.96 bits per heavy atom. The molecular weight excluding hydrogens is 286 g/mol. The van der Waals surface area contributed by atoms with E-state index in [4.69, 9.17) is 0 Å². The van der Waals surface area contributed by atoms with E-state index >= 15 is 0 Å². The summed E-state index contributed by atoms with van der Waals surface area (Å²) in [4.78, 5) is 17.3. The van der Waals surface area contributed by atoms with Crippen LogP contribution in [0.15, 0.2) is 48.7 Å². The molecule has 23 heavy (non-hydrogen) atoms. The largest absolute Gasteiger partial charge is 0.344 e. The minimum Gasteiger partial charge on any atom is -0.344 e. The SMILES string of the molecule is Cc1nc2ccccn2c1C(=O)N[C@H]1CCCc2ccccc21. The van der Waals surface area contributed by atoms with Crippen LogP contribution in [-0.2, 0) is 6.42 Å². The topological polar surface area (TPSA) is 46.4 Å². The number of hydrogen-bond donors (Lipinski definition) is 1. The average molecular weight is 305 g/mol. The molecule has 1 N–H and O–H groups in total. The summed E-state index contributed by atoms with van der Waals surface area (Å²) >= 11 is 0. The quantitative estimate of drug-likeness (QED) is 0.788. The van der Waals surface area contributed by atoms with Gasteiger partial charge in [0.05, 0.1) is 11.7 Å². The number of fused-ring (bicyclic) bond motifs is 2. The highest BCUT2D eigenvalue weighted by Crippen LogP contribution is 2.29. The van der Waals surface area contributed by atoms with Gasteiger partial charge in [0.25, 0.3) is 5.91 Å². The lowest BCUT2D eigenvalue weighted by Gasteiger charge is -2.26. The van der Waals surface area contributed by atoms with Gasteiger partial charge < -0.3 is 5.32 Å². The van der Waals surface area contributed by atoms with Crippen LogP contribution >= 0.6 is 0 Å². The van der Waals surface area contributed by atoms with Gasteiger partial charge in [-0.1, -0.05) is 30.3 Å². The van der Waals surface area contributed by atoms with Crippen LogP contribution in [0.5, 0.6) is 0 Å². The lowest BCUT2D eigenvalue weighted by molar-refractivity contribution is 0.0926. The highest BCUT2D eigenvalue weighted by molar-refractivity contribution is 5.95. The van der Waals surface area contributed by atoms with Gasteiger partial charge in [-0.2, -0.15) is 0 Å². The van der Waals surface area contributed by atoms with E-state index in [2.05, 4.69) is 28.5 Å². The summed E-state index contributed by atoms with van der Waals surface area (Å²) < 4.78 is 1.86. The number of benzene rings is 1. The average Bonchev–Trinajstić information content (AvgIpc) is 2.91. The standard InChI is InChI=1S/C19H19N3O/c1-13-18(22-12-5-4-11-17(22)20-13)19(23)21-16-10-6-8-14-7-2-3-9-15(14)16/h2-5,7,9,11-12,16H,6,8,10H2,1H3,(H,21,23)/t16-/m0/s1. The molecule has 1 aliphatic rings. The lowest BCUT2D eigenvalue weighted by Crippen LogP contribution is -2.32. The number of rotatable bonds is 2. The van der Waals surface area contributed by atoms with Crippen LogP contribution < -0.4 is 5.32 Å². The molecular formula is C19H19N3O. The second kappa shape index (κ2) is 5.54. The maximum Gasteiger partial charge on any atom is 0.270 e. The smallest absolute Gasteiger partial charge is 0.270 e. The molecule has 0 saturated heterocycles. The van der Waals surface area contributed by atoms with E-state index in [0.717, 1.165) is 30.6 Å². The number of nitrogens with zero attached hydrogens (tertiary/aromatic N) is 2. The molecule has 2 heterocycles. The molecule has 1 amide bonds. The maximum atomic E-state index is 12.8. The summed E-state index contributed by atoms with van der Waals surface area (Å²) in [5.41, 5.74) is 4.79. The highest BCUT2D eigenvalue weighted by Gasteiger charge is 2.24. The Labute approximate surface area is 135 Å². The Hall–Kier alpha value is -2.62. The first-order valence-electron chi connectivity index (χ1n) is 8.06. The Bertz CT molecular complexity index is 881. The zero-order valence-corrected chi connectivity index (χ0v) is 13.1. The Balaban J connectivity index is 1.67. The first-order valence-corrected chi connectivity index (χ1v) is 8.06. The molecule has 0 unspecified atom stereocenters. The van der Waals surface area contributed by atoms with E-state index in [-0.39, 0.29) is 11.9 Å². The Morgan fingerprint density at radius 2 is 2.04 bits per heavy atom. The monoisotopic (exact) mass is 305 g/mol. The van der Waals surface area contributed by atoms with E-state index in [1.165, 1.54) is 11.1 Å². The number of imidazole rings is 1. The summed E-state index contributed by atoms with van der Waals surface area (Å²) in [5.74, 6) is -0.0529. The number of carbonyl (C=O) groups is 1. The number of carbonyl (C=O) groups excluding carboxylic acids is 1. The van der Waals surface area contributed by atoms with Crippen LogP contribution in [0.3, 0.4) is 0 Å². The zero-order valence-electron chi connectivity index (χ0n) is 13.1. The number of aromatic nitrogens is 2. The summed E-state index contributed by atoms with van der Waals surface area (Å²) in [6, 6.07) is 14.2. The van der Waals surface area contributed by atoms with Crippen molar-refractivity contribution in [3.63, 3.8) is 0 Å². The third kappa shape index (κ3) is 2.40. The van der Waals surface area contributed by atoms with Crippen LogP contribution in [0.1, 0.15) is 46.2 Å². The van der Waals surface area contributed by atoms with E-state index in [1.54, 1.807) is 0 Å². The maximum absolute atomic E-state index is 12.8. The molecule has 0 aliphatic heterocycles. The van der Waals surface area contributed by atoms with Crippen molar-refractivity contribution in [3.8, 4) is 0 Å². The van der Waals surface area contributed by atoms with E-state index in [1.807, 2.05) is 41.8 Å². The molecule has 3 aromatic rings. The predicted molar refractivity (Wildman–Crippen MR) is 89.5 cm³/mol. The minimum absolute atomic E-state index is 0.0529. The zero-order chi connectivity index (χ0) is 15.8. The number of amides is 1. The van der Waals surface area contributed by atoms with Crippen LogP contribution in [0.25, 0.3) is 5.65 Å². The van der Waals surface area contributed by atoms with Gasteiger partial charge in [0, 0.05) is 6.20 Å². The minimum atomic E-state index is -0.0529. The van der Waals surface area contributed by atoms with E-state index in [9.17, 15) is 4.79 Å². The molecule has 0 saturated carbocycles. The molecule has 2 aromatic heterocycles. The fourth-order valence-corrected chi connectivity index (χ4v) is 3.52. The van der Waals surface area contributed by atoms with Gasteiger partial charge in [0.1, 0.15) is 11.3 Å². The van der Waals surface area contributed by atoms with Crippen LogP contribution in [0.4, 0.5) is 0 Å². The Morgan fingerprint density at radius 1 is 1.22 bits per heavy atom. The van der Waals surface area contributed by atoms with E-state index in [0.29, 0.717) is 5.69 Å². The summed E-state index contributed by atoms with van der Waals surface area (Å²) in [6.45, 7) is 1.89. The van der Waals surface area contributed by atoms with Gasteiger partial charge in [-0.25, -0.2) is 4.98 Å². The second-order valence-electron chi connectivity index (χ2n) is 6.09. The van der Waals surface area contributed by atoms with Crippen molar-refractivity contribution in [1.82, 2.24) is 14.7 Å². The molecule has 0 fully saturated rings. The van der Waals surface area contributed by atoms with Gasteiger partial charge >= 0.3 is 0 Å². The highest BCUT2D eigenvalue weighted by atomic mass is 16.2. The molecule has 0 bridgehead atoms. The normalized spacial score (nSPS) is 17.0. The Kier molecular flexibility index (Phi) is 3.37. The molecule has 1 aliphatic carbocycles. The van der Waals surface area contributed by atoms with Crippen molar-refractivity contribution in [1.29, 1.82) is 0 Å². The fourth-order valence-electron chi connectivity index (χ4n) is 3.52. The fraction of sp³-hybridized carbons (Fsp3) is 0.263. The first kappa shape index (κ1) is 14.0. The molecule has 4 rings (SSSR count). The summed E-state index contributed by atoms with van der Waals surface area (Å²) in [6.07, 6.45) is 5.07. The predicted octanol–water partition coefficient (Wildman–Crippen LogP) is 3.45. The van der Waals surface area contributed by atoms with Gasteiger partial charge in [-0.3, -0.25) is 9.20 Å². The van der Waals surface area contributed by atoms with Crippen molar-refractivity contribution >= 4 is 11.6 Å². The second-order valence-corrected chi connectivity index (χ2v) is 6.09. The summed E-state index contributed by atoms with van der Waals surface area (Å²) in [5, 5.41) is 3.21. The van der Waals surface area contributed by atoms with E-state index < -0.39 is 0 Å². The lowest BCUT2D eigenvalue weighted by atomic mass is 9.87. The van der Waals surface area contributed by atoms with Crippen LogP contribution in [0.2, 0.25) is 0 Å². The van der Waals surface area contributed by atoms with Gasteiger partial charge in [-0.15, -0.1) is 0 Å². The molecule has 4 heteroatoms. The number of hydrogen-bond acceptors (Lipinski definition) is 2. The van der Waals surface area contributed by atoms with Crippen molar-refractivity contribution < 1.29 is 4.79 Å². The third-order valence-electron chi connectivity index (χ3n) is 4.59. The molecule has 1 aromatic carbocycles. The van der Waals surface area contributed by atoms with Gasteiger partial charge in [0.15, 0.2) is 0 Å². The van der Waals surface area contributed by atoms with Crippen LogP contribution in [0, 0.1) is 6.92 Å². The number of aryl methyl sites for hydroxylation is 2. The summed E-state index contributed by atoms with van der Waals surface area (Å²) in [7, 11) is 0. The number of nitrogens with one attached hydrogen (secondary N) is 1. The van der Waals surface area contributed by atoms with Crippen LogP contribution in [-0.4, -0.2) is 15.3 Å². The van der Waals surface area contributed by atoms with Gasteiger partial charge in [0.2, 0.25) is 0 Å². The molecule has 116 valence electrons. The van der Waals surface area contributed by atoms with Crippen molar-refractivity contribution in [2.75, 3.05) is 0 Å².